The maximum atomic E-state index is 11.2. The van der Waals surface area contributed by atoms with Gasteiger partial charge in [-0.3, -0.25) is 4.79 Å². The summed E-state index contributed by atoms with van der Waals surface area (Å²) in [4.78, 5) is 11.2. The minimum absolute atomic E-state index is 0.143. The Bertz CT molecular complexity index is 158. The normalized spacial score (nSPS) is 15.5. The second-order valence-electron chi connectivity index (χ2n) is 3.70. The summed E-state index contributed by atoms with van der Waals surface area (Å²) in [6, 6.07) is -0.450. The average molecular weight is 188 g/mol. The lowest BCUT2D eigenvalue weighted by atomic mass is 10.1. The fourth-order valence-corrected chi connectivity index (χ4v) is 0.825. The van der Waals surface area contributed by atoms with E-state index in [-0.39, 0.29) is 17.9 Å². The summed E-state index contributed by atoms with van der Waals surface area (Å²) in [6.07, 6.45) is 0.187. The molecule has 0 aliphatic heterocycles. The van der Waals surface area contributed by atoms with Crippen LogP contribution in [0.1, 0.15) is 27.2 Å². The van der Waals surface area contributed by atoms with Crippen molar-refractivity contribution in [1.82, 2.24) is 5.32 Å². The second-order valence-corrected chi connectivity index (χ2v) is 3.70. The van der Waals surface area contributed by atoms with Crippen molar-refractivity contribution < 1.29 is 9.90 Å². The number of rotatable bonds is 5. The number of carbonyl (C=O) groups excluding carboxylic acids is 1. The molecule has 0 spiro atoms. The van der Waals surface area contributed by atoms with Gasteiger partial charge in [-0.25, -0.2) is 0 Å². The van der Waals surface area contributed by atoms with E-state index in [2.05, 4.69) is 5.32 Å². The lowest BCUT2D eigenvalue weighted by molar-refractivity contribution is -0.123. The molecule has 0 saturated heterocycles. The molecule has 4 N–H and O–H groups in total. The van der Waals surface area contributed by atoms with Crippen LogP contribution in [0.4, 0.5) is 0 Å². The molecule has 0 saturated carbocycles. The van der Waals surface area contributed by atoms with Gasteiger partial charge in [-0.1, -0.05) is 13.8 Å². The van der Waals surface area contributed by atoms with Gasteiger partial charge in [-0.2, -0.15) is 0 Å². The molecule has 0 fully saturated rings. The molecule has 0 aromatic carbocycles. The number of aliphatic hydroxyl groups excluding tert-OH is 1. The van der Waals surface area contributed by atoms with Crippen LogP contribution in [0.25, 0.3) is 0 Å². The molecule has 4 heteroatoms. The highest BCUT2D eigenvalue weighted by Crippen LogP contribution is 1.97. The Morgan fingerprint density at radius 2 is 2.00 bits per heavy atom. The lowest BCUT2D eigenvalue weighted by Gasteiger charge is -2.15. The highest BCUT2D eigenvalue weighted by atomic mass is 16.3. The van der Waals surface area contributed by atoms with Crippen LogP contribution >= 0.6 is 0 Å². The zero-order chi connectivity index (χ0) is 10.4. The Morgan fingerprint density at radius 3 is 2.38 bits per heavy atom. The van der Waals surface area contributed by atoms with Crippen molar-refractivity contribution in [2.75, 3.05) is 6.54 Å². The minimum Gasteiger partial charge on any atom is -0.393 e. The number of amides is 1. The van der Waals surface area contributed by atoms with Crippen molar-refractivity contribution >= 4 is 5.91 Å². The monoisotopic (exact) mass is 188 g/mol. The number of hydrogen-bond acceptors (Lipinski definition) is 3. The lowest BCUT2D eigenvalue weighted by Crippen LogP contribution is -2.44. The van der Waals surface area contributed by atoms with Gasteiger partial charge in [0.15, 0.2) is 0 Å². The zero-order valence-corrected chi connectivity index (χ0v) is 8.58. The molecular weight excluding hydrogens is 168 g/mol. The van der Waals surface area contributed by atoms with Crippen LogP contribution in [0.3, 0.4) is 0 Å². The van der Waals surface area contributed by atoms with Gasteiger partial charge in [0.05, 0.1) is 12.1 Å². The predicted octanol–water partition coefficient (Wildman–Crippen LogP) is -0.143. The van der Waals surface area contributed by atoms with Gasteiger partial charge in [0.2, 0.25) is 5.91 Å². The van der Waals surface area contributed by atoms with Crippen LogP contribution in [0, 0.1) is 5.92 Å². The first kappa shape index (κ1) is 12.4. The molecule has 0 unspecified atom stereocenters. The van der Waals surface area contributed by atoms with E-state index in [1.54, 1.807) is 6.92 Å². The molecule has 0 bridgehead atoms. The highest BCUT2D eigenvalue weighted by Gasteiger charge is 2.16. The predicted molar refractivity (Wildman–Crippen MR) is 52.1 cm³/mol. The van der Waals surface area contributed by atoms with Crippen molar-refractivity contribution in [3.8, 4) is 0 Å². The number of nitrogens with two attached hydrogens (primary N) is 1. The first-order valence-corrected chi connectivity index (χ1v) is 4.66. The fourth-order valence-electron chi connectivity index (χ4n) is 0.825. The third-order valence-corrected chi connectivity index (χ3v) is 1.88. The quantitative estimate of drug-likeness (QED) is 0.562. The van der Waals surface area contributed by atoms with Crippen LogP contribution in [-0.2, 0) is 4.79 Å². The Labute approximate surface area is 79.5 Å². The SMILES string of the molecule is CC(C)[C@H](N)C(=O)NCC[C@H](C)O. The largest absolute Gasteiger partial charge is 0.393 e. The molecule has 78 valence electrons. The van der Waals surface area contributed by atoms with Gasteiger partial charge in [-0.15, -0.1) is 0 Å². The summed E-state index contributed by atoms with van der Waals surface area (Å²) in [7, 11) is 0. The van der Waals surface area contributed by atoms with Crippen molar-refractivity contribution in [2.24, 2.45) is 11.7 Å². The van der Waals surface area contributed by atoms with E-state index in [0.29, 0.717) is 13.0 Å². The van der Waals surface area contributed by atoms with Gasteiger partial charge < -0.3 is 16.2 Å². The van der Waals surface area contributed by atoms with Gasteiger partial charge in [0, 0.05) is 6.54 Å². The van der Waals surface area contributed by atoms with E-state index in [9.17, 15) is 4.79 Å². The molecule has 0 aromatic heterocycles. The van der Waals surface area contributed by atoms with Crippen LogP contribution in [-0.4, -0.2) is 29.7 Å². The van der Waals surface area contributed by atoms with Gasteiger partial charge in [0.1, 0.15) is 0 Å². The second kappa shape index (κ2) is 5.94. The molecule has 0 heterocycles. The van der Waals surface area contributed by atoms with Crippen molar-refractivity contribution in [3.05, 3.63) is 0 Å². The Morgan fingerprint density at radius 1 is 1.46 bits per heavy atom. The molecule has 2 atom stereocenters. The van der Waals surface area contributed by atoms with E-state index in [1.165, 1.54) is 0 Å². The molecule has 13 heavy (non-hydrogen) atoms. The number of aliphatic hydroxyl groups is 1. The third-order valence-electron chi connectivity index (χ3n) is 1.88. The molecule has 0 rings (SSSR count). The summed E-state index contributed by atoms with van der Waals surface area (Å²) >= 11 is 0. The third kappa shape index (κ3) is 5.60. The Kier molecular flexibility index (Phi) is 5.66. The fraction of sp³-hybridized carbons (Fsp3) is 0.889. The molecule has 0 aliphatic rings. The van der Waals surface area contributed by atoms with Crippen molar-refractivity contribution in [3.63, 3.8) is 0 Å². The topological polar surface area (TPSA) is 75.4 Å². The first-order valence-electron chi connectivity index (χ1n) is 4.66. The van der Waals surface area contributed by atoms with Gasteiger partial charge in [0.25, 0.3) is 0 Å². The summed E-state index contributed by atoms with van der Waals surface area (Å²) in [5.41, 5.74) is 5.60. The first-order chi connectivity index (χ1) is 5.95. The molecular formula is C9H20N2O2. The molecule has 0 aromatic rings. The Balaban J connectivity index is 3.62. The summed E-state index contributed by atoms with van der Waals surface area (Å²) in [5, 5.41) is 11.6. The van der Waals surface area contributed by atoms with E-state index in [1.807, 2.05) is 13.8 Å². The summed E-state index contributed by atoms with van der Waals surface area (Å²) in [5.74, 6) is 0.00204. The molecule has 1 amide bonds. The van der Waals surface area contributed by atoms with Crippen LogP contribution in [0.15, 0.2) is 0 Å². The average Bonchev–Trinajstić information content (AvgIpc) is 2.02. The summed E-state index contributed by atoms with van der Waals surface area (Å²) < 4.78 is 0. The van der Waals surface area contributed by atoms with E-state index >= 15 is 0 Å². The van der Waals surface area contributed by atoms with Crippen molar-refractivity contribution in [1.29, 1.82) is 0 Å². The van der Waals surface area contributed by atoms with Crippen LogP contribution < -0.4 is 11.1 Å². The van der Waals surface area contributed by atoms with E-state index in [0.717, 1.165) is 0 Å². The minimum atomic E-state index is -0.450. The van der Waals surface area contributed by atoms with Gasteiger partial charge in [-0.05, 0) is 19.3 Å². The van der Waals surface area contributed by atoms with Crippen LogP contribution in [0.5, 0.6) is 0 Å². The maximum Gasteiger partial charge on any atom is 0.237 e. The molecule has 0 radical (unpaired) electrons. The highest BCUT2D eigenvalue weighted by molar-refractivity contribution is 5.81. The van der Waals surface area contributed by atoms with Crippen molar-refractivity contribution in [2.45, 2.75) is 39.3 Å². The number of hydrogen-bond donors (Lipinski definition) is 3. The Hall–Kier alpha value is -0.610. The number of carbonyl (C=O) groups is 1. The standard InChI is InChI=1S/C9H20N2O2/c1-6(2)8(10)9(13)11-5-4-7(3)12/h6-8,12H,4-5,10H2,1-3H3,(H,11,13)/t7-,8-/m0/s1. The van der Waals surface area contributed by atoms with Crippen LogP contribution in [0.2, 0.25) is 0 Å². The molecule has 4 nitrogen and oxygen atoms in total. The smallest absolute Gasteiger partial charge is 0.237 e. The molecule has 0 aliphatic carbocycles. The summed E-state index contributed by atoms with van der Waals surface area (Å²) in [6.45, 7) is 5.98. The number of nitrogens with one attached hydrogen (secondary N) is 1. The maximum absolute atomic E-state index is 11.2. The van der Waals surface area contributed by atoms with E-state index < -0.39 is 6.04 Å². The van der Waals surface area contributed by atoms with E-state index in [4.69, 9.17) is 10.8 Å². The van der Waals surface area contributed by atoms with Gasteiger partial charge >= 0.3 is 0 Å². The zero-order valence-electron chi connectivity index (χ0n) is 8.58.